The third-order valence-electron chi connectivity index (χ3n) is 3.20. The average molecular weight is 316 g/mol. The topological polar surface area (TPSA) is 41.9 Å². The van der Waals surface area contributed by atoms with Gasteiger partial charge in [0.05, 0.1) is 24.8 Å². The number of aliphatic hydroxyl groups is 1. The molecule has 1 N–H and O–H groups in total. The normalized spacial score (nSPS) is 20.1. The summed E-state index contributed by atoms with van der Waals surface area (Å²) in [5.74, 6) is 1.63. The fourth-order valence-electron chi connectivity index (χ4n) is 2.24. The van der Waals surface area contributed by atoms with Crippen molar-refractivity contribution in [1.29, 1.82) is 0 Å². The van der Waals surface area contributed by atoms with Crippen molar-refractivity contribution in [3.8, 4) is 11.5 Å². The zero-order chi connectivity index (χ0) is 13.1. The van der Waals surface area contributed by atoms with Gasteiger partial charge in [0.15, 0.2) is 0 Å². The van der Waals surface area contributed by atoms with Gasteiger partial charge in [-0.1, -0.05) is 0 Å². The first-order valence-corrected chi connectivity index (χ1v) is 6.74. The Morgan fingerprint density at radius 2 is 2.06 bits per heavy atom. The lowest BCUT2D eigenvalue weighted by atomic mass is 10.1. The van der Waals surface area contributed by atoms with Gasteiger partial charge in [-0.3, -0.25) is 4.90 Å². The van der Waals surface area contributed by atoms with Crippen LogP contribution in [0.3, 0.4) is 0 Å². The van der Waals surface area contributed by atoms with E-state index < -0.39 is 0 Å². The molecular weight excluding hydrogens is 298 g/mol. The molecule has 0 amide bonds. The largest absolute Gasteiger partial charge is 0.496 e. The minimum absolute atomic E-state index is 0.201. The maximum absolute atomic E-state index is 9.54. The zero-order valence-corrected chi connectivity index (χ0v) is 12.2. The fourth-order valence-corrected chi connectivity index (χ4v) is 2.73. The molecule has 0 aliphatic carbocycles. The molecule has 1 fully saturated rings. The summed E-state index contributed by atoms with van der Waals surface area (Å²) in [6.45, 7) is 2.41. The standard InChI is InChI=1S/C13H18BrNO3/c1-17-12-6-11(14)13(18-2)5-9(12)7-15-4-3-10(16)8-15/h5-6,10,16H,3-4,7-8H2,1-2H3. The van der Waals surface area contributed by atoms with Crippen molar-refractivity contribution in [3.05, 3.63) is 22.2 Å². The summed E-state index contributed by atoms with van der Waals surface area (Å²) in [5.41, 5.74) is 1.08. The second kappa shape index (κ2) is 5.91. The van der Waals surface area contributed by atoms with Crippen LogP contribution in [-0.2, 0) is 6.54 Å². The number of likely N-dealkylation sites (tertiary alicyclic amines) is 1. The van der Waals surface area contributed by atoms with E-state index in [-0.39, 0.29) is 6.10 Å². The molecule has 18 heavy (non-hydrogen) atoms. The molecule has 0 radical (unpaired) electrons. The molecule has 100 valence electrons. The second-order valence-electron chi connectivity index (χ2n) is 4.48. The van der Waals surface area contributed by atoms with Crippen molar-refractivity contribution in [2.24, 2.45) is 0 Å². The van der Waals surface area contributed by atoms with Crippen LogP contribution in [0.1, 0.15) is 12.0 Å². The number of benzene rings is 1. The van der Waals surface area contributed by atoms with Crippen LogP contribution in [0.15, 0.2) is 16.6 Å². The van der Waals surface area contributed by atoms with Gasteiger partial charge in [0.25, 0.3) is 0 Å². The van der Waals surface area contributed by atoms with E-state index in [1.807, 2.05) is 12.1 Å². The monoisotopic (exact) mass is 315 g/mol. The van der Waals surface area contributed by atoms with Crippen LogP contribution >= 0.6 is 15.9 Å². The molecule has 2 rings (SSSR count). The first-order chi connectivity index (χ1) is 8.63. The van der Waals surface area contributed by atoms with Crippen molar-refractivity contribution >= 4 is 15.9 Å². The van der Waals surface area contributed by atoms with Crippen molar-refractivity contribution in [3.63, 3.8) is 0 Å². The van der Waals surface area contributed by atoms with Crippen LogP contribution in [0, 0.1) is 0 Å². The molecule has 1 aromatic rings. The molecule has 0 saturated carbocycles. The maximum Gasteiger partial charge on any atom is 0.133 e. The van der Waals surface area contributed by atoms with Gasteiger partial charge >= 0.3 is 0 Å². The van der Waals surface area contributed by atoms with Crippen molar-refractivity contribution < 1.29 is 14.6 Å². The number of β-amino-alcohol motifs (C(OH)–C–C–N with tert-alkyl or cyclic N) is 1. The first kappa shape index (κ1) is 13.6. The molecule has 4 nitrogen and oxygen atoms in total. The predicted molar refractivity (Wildman–Crippen MR) is 73.1 cm³/mol. The number of methoxy groups -OCH3 is 2. The van der Waals surface area contributed by atoms with E-state index >= 15 is 0 Å². The SMILES string of the molecule is COc1cc(CN2CCC(O)C2)c(OC)cc1Br. The Kier molecular flexibility index (Phi) is 4.48. The molecule has 5 heteroatoms. The average Bonchev–Trinajstić information content (AvgIpc) is 2.76. The highest BCUT2D eigenvalue weighted by Gasteiger charge is 2.21. The summed E-state index contributed by atoms with van der Waals surface area (Å²) < 4.78 is 11.6. The summed E-state index contributed by atoms with van der Waals surface area (Å²) in [7, 11) is 3.31. The third kappa shape index (κ3) is 2.96. The summed E-state index contributed by atoms with van der Waals surface area (Å²) in [6.07, 6.45) is 0.643. The van der Waals surface area contributed by atoms with Gasteiger partial charge in [0.1, 0.15) is 11.5 Å². The van der Waals surface area contributed by atoms with E-state index in [2.05, 4.69) is 20.8 Å². The molecule has 0 spiro atoms. The van der Waals surface area contributed by atoms with Crippen molar-refractivity contribution in [2.45, 2.75) is 19.1 Å². The molecule has 1 unspecified atom stereocenters. The quantitative estimate of drug-likeness (QED) is 0.923. The van der Waals surface area contributed by atoms with Crippen LogP contribution in [0.4, 0.5) is 0 Å². The molecule has 1 aromatic carbocycles. The van der Waals surface area contributed by atoms with Gasteiger partial charge < -0.3 is 14.6 Å². The van der Waals surface area contributed by atoms with E-state index in [0.717, 1.165) is 47.6 Å². The first-order valence-electron chi connectivity index (χ1n) is 5.95. The Bertz CT molecular complexity index is 425. The Labute approximate surface area is 116 Å². The lowest BCUT2D eigenvalue weighted by Crippen LogP contribution is -2.21. The van der Waals surface area contributed by atoms with E-state index in [0.29, 0.717) is 0 Å². The number of halogens is 1. The van der Waals surface area contributed by atoms with Crippen LogP contribution in [0.2, 0.25) is 0 Å². The van der Waals surface area contributed by atoms with Gasteiger partial charge in [-0.2, -0.15) is 0 Å². The number of hydrogen-bond donors (Lipinski definition) is 1. The third-order valence-corrected chi connectivity index (χ3v) is 3.82. The van der Waals surface area contributed by atoms with Gasteiger partial charge in [-0.25, -0.2) is 0 Å². The van der Waals surface area contributed by atoms with Crippen LogP contribution in [0.25, 0.3) is 0 Å². The minimum Gasteiger partial charge on any atom is -0.496 e. The van der Waals surface area contributed by atoms with E-state index in [1.54, 1.807) is 14.2 Å². The number of rotatable bonds is 4. The van der Waals surface area contributed by atoms with Gasteiger partial charge in [0.2, 0.25) is 0 Å². The van der Waals surface area contributed by atoms with Gasteiger partial charge in [-0.15, -0.1) is 0 Å². The second-order valence-corrected chi connectivity index (χ2v) is 5.33. The minimum atomic E-state index is -0.201. The van der Waals surface area contributed by atoms with E-state index in [1.165, 1.54) is 0 Å². The molecule has 1 atom stereocenters. The Balaban J connectivity index is 2.20. The highest BCUT2D eigenvalue weighted by Crippen LogP contribution is 2.33. The number of ether oxygens (including phenoxy) is 2. The highest BCUT2D eigenvalue weighted by molar-refractivity contribution is 9.10. The zero-order valence-electron chi connectivity index (χ0n) is 10.6. The van der Waals surface area contributed by atoms with Crippen molar-refractivity contribution in [2.75, 3.05) is 27.3 Å². The molecule has 0 bridgehead atoms. The summed E-state index contributed by atoms with van der Waals surface area (Å²) in [6, 6.07) is 3.90. The Hall–Kier alpha value is -0.780. The predicted octanol–water partition coefficient (Wildman–Crippen LogP) is 2.03. The summed E-state index contributed by atoms with van der Waals surface area (Å²) in [4.78, 5) is 2.22. The maximum atomic E-state index is 9.54. The fraction of sp³-hybridized carbons (Fsp3) is 0.538. The van der Waals surface area contributed by atoms with E-state index in [4.69, 9.17) is 9.47 Å². The molecule has 0 aromatic heterocycles. The van der Waals surface area contributed by atoms with Crippen molar-refractivity contribution in [1.82, 2.24) is 4.90 Å². The number of nitrogens with zero attached hydrogens (tertiary/aromatic N) is 1. The number of aliphatic hydroxyl groups excluding tert-OH is 1. The summed E-state index contributed by atoms with van der Waals surface area (Å²) >= 11 is 3.45. The summed E-state index contributed by atoms with van der Waals surface area (Å²) in [5, 5.41) is 9.54. The molecule has 1 saturated heterocycles. The highest BCUT2D eigenvalue weighted by atomic mass is 79.9. The van der Waals surface area contributed by atoms with Crippen LogP contribution < -0.4 is 9.47 Å². The molecule has 1 aliphatic heterocycles. The lowest BCUT2D eigenvalue weighted by molar-refractivity contribution is 0.174. The molecule has 1 aliphatic rings. The lowest BCUT2D eigenvalue weighted by Gasteiger charge is -2.18. The Morgan fingerprint density at radius 3 is 2.61 bits per heavy atom. The Morgan fingerprint density at radius 1 is 1.33 bits per heavy atom. The molecule has 1 heterocycles. The molecular formula is C13H18BrNO3. The van der Waals surface area contributed by atoms with Gasteiger partial charge in [-0.05, 0) is 34.5 Å². The van der Waals surface area contributed by atoms with Crippen LogP contribution in [0.5, 0.6) is 11.5 Å². The smallest absolute Gasteiger partial charge is 0.133 e. The number of hydrogen-bond acceptors (Lipinski definition) is 4. The van der Waals surface area contributed by atoms with E-state index in [9.17, 15) is 5.11 Å². The van der Waals surface area contributed by atoms with Crippen LogP contribution in [-0.4, -0.2) is 43.4 Å². The van der Waals surface area contributed by atoms with Gasteiger partial charge in [0, 0.05) is 25.2 Å².